The molecule has 0 N–H and O–H groups in total. The van der Waals surface area contributed by atoms with Crippen molar-refractivity contribution in [2.75, 3.05) is 37.8 Å². The lowest BCUT2D eigenvalue weighted by molar-refractivity contribution is 0.0203. The molecule has 1 aliphatic rings. The van der Waals surface area contributed by atoms with E-state index in [0.717, 1.165) is 26.2 Å². The maximum Gasteiger partial charge on any atom is 0.339 e. The molecule has 0 unspecified atom stereocenters. The number of benzene rings is 3. The molecular weight excluding hydrogens is 404 g/mol. The van der Waals surface area contributed by atoms with Crippen molar-refractivity contribution in [1.82, 2.24) is 4.90 Å². The lowest BCUT2D eigenvalue weighted by atomic mass is 10.2. The number of anilines is 1. The molecule has 0 bridgehead atoms. The Hall–Kier alpha value is -2.76. The van der Waals surface area contributed by atoms with Gasteiger partial charge in [0.2, 0.25) is 0 Å². The predicted molar refractivity (Wildman–Crippen MR) is 127 cm³/mol. The molecule has 1 fully saturated rings. The highest BCUT2D eigenvalue weighted by Gasteiger charge is 2.20. The Morgan fingerprint density at radius 2 is 1.58 bits per heavy atom. The van der Waals surface area contributed by atoms with Gasteiger partial charge in [0, 0.05) is 36.0 Å². The van der Waals surface area contributed by atoms with E-state index in [9.17, 15) is 4.79 Å². The van der Waals surface area contributed by atoms with Crippen molar-refractivity contribution in [3.05, 3.63) is 89.5 Å². The summed E-state index contributed by atoms with van der Waals surface area (Å²) in [5, 5.41) is 0. The first-order valence-electron chi connectivity index (χ1n) is 10.6. The summed E-state index contributed by atoms with van der Waals surface area (Å²) in [6.07, 6.45) is 0. The van der Waals surface area contributed by atoms with Crippen LogP contribution < -0.4 is 4.90 Å². The fourth-order valence-electron chi connectivity index (χ4n) is 3.76. The molecule has 4 nitrogen and oxygen atoms in total. The van der Waals surface area contributed by atoms with Crippen LogP contribution in [0.25, 0.3) is 0 Å². The quantitative estimate of drug-likeness (QED) is 0.488. The van der Waals surface area contributed by atoms with Crippen LogP contribution in [0.1, 0.15) is 21.5 Å². The standard InChI is InChI=1S/C26H28N2O2S/c1-20-12-13-24(21(2)18-20)31-25-11-7-6-10-23(25)28-16-14-27(15-17-28)19-30-26(29)22-8-4-3-5-9-22/h3-13,18H,14-17,19H2,1-2H3. The average Bonchev–Trinajstić information content (AvgIpc) is 2.80. The van der Waals surface area contributed by atoms with Crippen molar-refractivity contribution >= 4 is 23.4 Å². The normalized spacial score (nSPS) is 14.5. The van der Waals surface area contributed by atoms with Crippen molar-refractivity contribution in [3.63, 3.8) is 0 Å². The second kappa shape index (κ2) is 10.0. The Bertz CT molecular complexity index is 1030. The number of esters is 1. The minimum atomic E-state index is -0.266. The zero-order chi connectivity index (χ0) is 21.6. The monoisotopic (exact) mass is 432 g/mol. The number of piperazine rings is 1. The predicted octanol–water partition coefficient (Wildman–Crippen LogP) is 5.39. The van der Waals surface area contributed by atoms with E-state index in [1.165, 1.54) is 26.6 Å². The van der Waals surface area contributed by atoms with Gasteiger partial charge in [0.15, 0.2) is 0 Å². The molecule has 0 spiro atoms. The van der Waals surface area contributed by atoms with Crippen molar-refractivity contribution in [1.29, 1.82) is 0 Å². The van der Waals surface area contributed by atoms with Gasteiger partial charge >= 0.3 is 5.97 Å². The maximum atomic E-state index is 12.2. The highest BCUT2D eigenvalue weighted by molar-refractivity contribution is 7.99. The summed E-state index contributed by atoms with van der Waals surface area (Å²) in [6, 6.07) is 24.4. The van der Waals surface area contributed by atoms with Crippen LogP contribution in [0.15, 0.2) is 82.6 Å². The third kappa shape index (κ3) is 5.49. The van der Waals surface area contributed by atoms with E-state index in [4.69, 9.17) is 4.74 Å². The van der Waals surface area contributed by atoms with Gasteiger partial charge in [0.25, 0.3) is 0 Å². The van der Waals surface area contributed by atoms with Crippen LogP contribution in [0.3, 0.4) is 0 Å². The number of carbonyl (C=O) groups excluding carboxylic acids is 1. The Morgan fingerprint density at radius 3 is 2.32 bits per heavy atom. The van der Waals surface area contributed by atoms with Gasteiger partial charge in [0.05, 0.1) is 11.3 Å². The van der Waals surface area contributed by atoms with E-state index in [-0.39, 0.29) is 5.97 Å². The van der Waals surface area contributed by atoms with Crippen molar-refractivity contribution in [3.8, 4) is 0 Å². The Labute approximate surface area is 188 Å². The Kier molecular flexibility index (Phi) is 6.95. The number of aryl methyl sites for hydroxylation is 2. The van der Waals surface area contributed by atoms with E-state index in [1.807, 2.05) is 30.0 Å². The molecule has 160 valence electrons. The van der Waals surface area contributed by atoms with Gasteiger partial charge in [-0.3, -0.25) is 4.90 Å². The summed E-state index contributed by atoms with van der Waals surface area (Å²) in [6.45, 7) is 8.19. The maximum absolute atomic E-state index is 12.2. The molecule has 5 heteroatoms. The van der Waals surface area contributed by atoms with Crippen LogP contribution in [-0.2, 0) is 4.74 Å². The fourth-order valence-corrected chi connectivity index (χ4v) is 4.80. The number of para-hydroxylation sites is 1. The first kappa shape index (κ1) is 21.5. The molecule has 1 heterocycles. The van der Waals surface area contributed by atoms with E-state index < -0.39 is 0 Å². The first-order chi connectivity index (χ1) is 15.1. The third-order valence-corrected chi connectivity index (χ3v) is 6.76. The highest BCUT2D eigenvalue weighted by atomic mass is 32.2. The second-order valence-electron chi connectivity index (χ2n) is 7.87. The summed E-state index contributed by atoms with van der Waals surface area (Å²) in [7, 11) is 0. The number of ether oxygens (including phenoxy) is 1. The number of hydrogen-bond donors (Lipinski definition) is 0. The van der Waals surface area contributed by atoms with E-state index in [1.54, 1.807) is 12.1 Å². The zero-order valence-electron chi connectivity index (χ0n) is 18.1. The molecule has 0 amide bonds. The van der Waals surface area contributed by atoms with Gasteiger partial charge in [-0.1, -0.05) is 59.8 Å². The smallest absolute Gasteiger partial charge is 0.339 e. The summed E-state index contributed by atoms with van der Waals surface area (Å²) < 4.78 is 5.50. The number of hydrogen-bond acceptors (Lipinski definition) is 5. The molecule has 0 atom stereocenters. The Morgan fingerprint density at radius 1 is 0.871 bits per heavy atom. The molecule has 0 aromatic heterocycles. The number of carbonyl (C=O) groups is 1. The Balaban J connectivity index is 1.35. The molecule has 0 saturated carbocycles. The van der Waals surface area contributed by atoms with Gasteiger partial charge in [-0.15, -0.1) is 0 Å². The molecule has 4 rings (SSSR count). The van der Waals surface area contributed by atoms with Gasteiger partial charge in [-0.25, -0.2) is 4.79 Å². The van der Waals surface area contributed by atoms with Gasteiger partial charge < -0.3 is 9.64 Å². The summed E-state index contributed by atoms with van der Waals surface area (Å²) in [5.41, 5.74) is 4.47. The molecule has 3 aromatic carbocycles. The highest BCUT2D eigenvalue weighted by Crippen LogP contribution is 2.37. The second-order valence-corrected chi connectivity index (χ2v) is 8.95. The van der Waals surface area contributed by atoms with Crippen LogP contribution in [-0.4, -0.2) is 43.8 Å². The molecule has 3 aromatic rings. The van der Waals surface area contributed by atoms with Gasteiger partial charge in [0.1, 0.15) is 6.73 Å². The summed E-state index contributed by atoms with van der Waals surface area (Å²) in [4.78, 5) is 19.4. The SMILES string of the molecule is Cc1ccc(Sc2ccccc2N2CCN(COC(=O)c3ccccc3)CC2)c(C)c1. The molecular formula is C26H28N2O2S. The van der Waals surface area contributed by atoms with Crippen LogP contribution in [0, 0.1) is 13.8 Å². The van der Waals surface area contributed by atoms with E-state index in [2.05, 4.69) is 66.1 Å². The lowest BCUT2D eigenvalue weighted by Gasteiger charge is -2.36. The topological polar surface area (TPSA) is 32.8 Å². The third-order valence-electron chi connectivity index (χ3n) is 5.52. The van der Waals surface area contributed by atoms with E-state index >= 15 is 0 Å². The number of rotatable bonds is 6. The van der Waals surface area contributed by atoms with E-state index in [0.29, 0.717) is 12.3 Å². The zero-order valence-corrected chi connectivity index (χ0v) is 18.9. The minimum Gasteiger partial charge on any atom is -0.446 e. The average molecular weight is 433 g/mol. The number of nitrogens with zero attached hydrogens (tertiary/aromatic N) is 2. The lowest BCUT2D eigenvalue weighted by Crippen LogP contribution is -2.47. The molecule has 1 saturated heterocycles. The van der Waals surface area contributed by atoms with Crippen LogP contribution in [0.5, 0.6) is 0 Å². The van der Waals surface area contributed by atoms with Gasteiger partial charge in [-0.2, -0.15) is 0 Å². The van der Waals surface area contributed by atoms with Crippen LogP contribution >= 0.6 is 11.8 Å². The first-order valence-corrected chi connectivity index (χ1v) is 11.5. The molecule has 31 heavy (non-hydrogen) atoms. The molecule has 0 aliphatic carbocycles. The molecule has 1 aliphatic heterocycles. The van der Waals surface area contributed by atoms with Crippen molar-refractivity contribution in [2.45, 2.75) is 23.6 Å². The molecule has 0 radical (unpaired) electrons. The van der Waals surface area contributed by atoms with Crippen molar-refractivity contribution < 1.29 is 9.53 Å². The van der Waals surface area contributed by atoms with Crippen LogP contribution in [0.4, 0.5) is 5.69 Å². The largest absolute Gasteiger partial charge is 0.446 e. The summed E-state index contributed by atoms with van der Waals surface area (Å²) >= 11 is 1.83. The minimum absolute atomic E-state index is 0.266. The summed E-state index contributed by atoms with van der Waals surface area (Å²) in [5.74, 6) is -0.266. The van der Waals surface area contributed by atoms with Crippen molar-refractivity contribution in [2.24, 2.45) is 0 Å². The fraction of sp³-hybridized carbons (Fsp3) is 0.269. The van der Waals surface area contributed by atoms with Crippen LogP contribution in [0.2, 0.25) is 0 Å². The van der Waals surface area contributed by atoms with Gasteiger partial charge in [-0.05, 0) is 49.7 Å².